The van der Waals surface area contributed by atoms with Gasteiger partial charge in [0, 0.05) is 29.6 Å². The van der Waals surface area contributed by atoms with Crippen LogP contribution in [0, 0.1) is 0 Å². The van der Waals surface area contributed by atoms with E-state index in [1.807, 2.05) is 37.4 Å². The SMILES string of the molecule is COC(=O)C[C@H]1CC[C@@H](CNC(=O)c2csc(-c3ccccc3)n2)N1C. The van der Waals surface area contributed by atoms with Gasteiger partial charge in [-0.15, -0.1) is 11.3 Å². The molecule has 0 aliphatic carbocycles. The molecular formula is C19H23N3O3S. The Balaban J connectivity index is 1.53. The quantitative estimate of drug-likeness (QED) is 0.788. The third kappa shape index (κ3) is 4.28. The van der Waals surface area contributed by atoms with Crippen LogP contribution in [0.1, 0.15) is 29.8 Å². The van der Waals surface area contributed by atoms with Gasteiger partial charge in [0.15, 0.2) is 0 Å². The molecule has 1 aliphatic heterocycles. The van der Waals surface area contributed by atoms with Crippen molar-refractivity contribution in [2.24, 2.45) is 0 Å². The summed E-state index contributed by atoms with van der Waals surface area (Å²) in [6, 6.07) is 10.2. The maximum Gasteiger partial charge on any atom is 0.307 e. The molecule has 26 heavy (non-hydrogen) atoms. The van der Waals surface area contributed by atoms with Crippen LogP contribution in [0.15, 0.2) is 35.7 Å². The summed E-state index contributed by atoms with van der Waals surface area (Å²) in [7, 11) is 3.40. The molecule has 1 saturated heterocycles. The number of hydrogen-bond acceptors (Lipinski definition) is 6. The van der Waals surface area contributed by atoms with Gasteiger partial charge in [-0.05, 0) is 19.9 Å². The van der Waals surface area contributed by atoms with Crippen LogP contribution in [-0.2, 0) is 9.53 Å². The summed E-state index contributed by atoms with van der Waals surface area (Å²) in [5.41, 5.74) is 1.46. The Bertz CT molecular complexity index is 762. The average molecular weight is 373 g/mol. The van der Waals surface area contributed by atoms with Crippen LogP contribution >= 0.6 is 11.3 Å². The number of nitrogens with zero attached hydrogens (tertiary/aromatic N) is 2. The van der Waals surface area contributed by atoms with Crippen LogP contribution in [0.3, 0.4) is 0 Å². The van der Waals surface area contributed by atoms with Crippen LogP contribution in [0.2, 0.25) is 0 Å². The fourth-order valence-corrected chi connectivity index (χ4v) is 4.06. The lowest BCUT2D eigenvalue weighted by Crippen LogP contribution is -2.41. The molecule has 2 atom stereocenters. The van der Waals surface area contributed by atoms with Crippen molar-refractivity contribution in [3.05, 3.63) is 41.4 Å². The van der Waals surface area contributed by atoms with Crippen molar-refractivity contribution >= 4 is 23.2 Å². The Morgan fingerprint density at radius 3 is 2.73 bits per heavy atom. The van der Waals surface area contributed by atoms with Crippen molar-refractivity contribution in [3.63, 3.8) is 0 Å². The minimum Gasteiger partial charge on any atom is -0.469 e. The molecule has 3 rings (SSSR count). The second-order valence-corrected chi connectivity index (χ2v) is 7.30. The zero-order chi connectivity index (χ0) is 18.5. The number of carbonyl (C=O) groups is 2. The van der Waals surface area contributed by atoms with E-state index in [-0.39, 0.29) is 24.0 Å². The van der Waals surface area contributed by atoms with E-state index < -0.39 is 0 Å². The molecule has 7 heteroatoms. The predicted octanol–water partition coefficient (Wildman–Crippen LogP) is 2.57. The van der Waals surface area contributed by atoms with E-state index in [9.17, 15) is 9.59 Å². The topological polar surface area (TPSA) is 71.5 Å². The number of benzene rings is 1. The molecule has 138 valence electrons. The van der Waals surface area contributed by atoms with Crippen LogP contribution in [0.5, 0.6) is 0 Å². The second kappa shape index (κ2) is 8.42. The highest BCUT2D eigenvalue weighted by Gasteiger charge is 2.32. The molecule has 0 saturated carbocycles. The molecule has 1 N–H and O–H groups in total. The first kappa shape index (κ1) is 18.5. The van der Waals surface area contributed by atoms with Crippen molar-refractivity contribution in [1.29, 1.82) is 0 Å². The molecule has 1 aliphatic rings. The van der Waals surface area contributed by atoms with E-state index in [0.29, 0.717) is 18.7 Å². The lowest BCUT2D eigenvalue weighted by atomic mass is 10.1. The highest BCUT2D eigenvalue weighted by atomic mass is 32.1. The van der Waals surface area contributed by atoms with Gasteiger partial charge in [0.05, 0.1) is 13.5 Å². The summed E-state index contributed by atoms with van der Waals surface area (Å²) < 4.78 is 4.75. The summed E-state index contributed by atoms with van der Waals surface area (Å²) in [4.78, 5) is 30.5. The van der Waals surface area contributed by atoms with E-state index in [2.05, 4.69) is 15.2 Å². The van der Waals surface area contributed by atoms with Crippen LogP contribution < -0.4 is 5.32 Å². The molecular weight excluding hydrogens is 350 g/mol. The third-order valence-corrected chi connectivity index (χ3v) is 5.76. The number of carbonyl (C=O) groups excluding carboxylic acids is 2. The number of likely N-dealkylation sites (N-methyl/N-ethyl adjacent to an activating group) is 1. The molecule has 1 aromatic carbocycles. The number of likely N-dealkylation sites (tertiary alicyclic amines) is 1. The summed E-state index contributed by atoms with van der Waals surface area (Å²) in [6.07, 6.45) is 2.27. The number of ether oxygens (including phenoxy) is 1. The first-order valence-electron chi connectivity index (χ1n) is 8.66. The summed E-state index contributed by atoms with van der Waals surface area (Å²) in [6.45, 7) is 0.547. The lowest BCUT2D eigenvalue weighted by Gasteiger charge is -2.25. The van der Waals surface area contributed by atoms with Crippen molar-refractivity contribution in [3.8, 4) is 10.6 Å². The average Bonchev–Trinajstić information content (AvgIpc) is 3.29. The molecule has 1 fully saturated rings. The number of amides is 1. The molecule has 0 spiro atoms. The van der Waals surface area contributed by atoms with Gasteiger partial charge < -0.3 is 10.1 Å². The number of methoxy groups -OCH3 is 1. The molecule has 2 aromatic rings. The van der Waals surface area contributed by atoms with Crippen molar-refractivity contribution in [1.82, 2.24) is 15.2 Å². The normalized spacial score (nSPS) is 20.1. The van der Waals surface area contributed by atoms with Crippen LogP contribution in [0.4, 0.5) is 0 Å². The Morgan fingerprint density at radius 2 is 2.00 bits per heavy atom. The van der Waals surface area contributed by atoms with E-state index in [1.165, 1.54) is 18.4 Å². The molecule has 0 radical (unpaired) electrons. The van der Waals surface area contributed by atoms with Gasteiger partial charge >= 0.3 is 5.97 Å². The second-order valence-electron chi connectivity index (χ2n) is 6.44. The van der Waals surface area contributed by atoms with Crippen molar-refractivity contribution in [2.45, 2.75) is 31.3 Å². The summed E-state index contributed by atoms with van der Waals surface area (Å²) in [5, 5.41) is 5.60. The minimum absolute atomic E-state index is 0.159. The summed E-state index contributed by atoms with van der Waals surface area (Å²) in [5.74, 6) is -0.351. The van der Waals surface area contributed by atoms with Gasteiger partial charge in [0.25, 0.3) is 5.91 Å². The lowest BCUT2D eigenvalue weighted by molar-refractivity contribution is -0.141. The zero-order valence-electron chi connectivity index (χ0n) is 15.0. The van der Waals surface area contributed by atoms with Gasteiger partial charge in [0.1, 0.15) is 10.7 Å². The number of thiazole rings is 1. The van der Waals surface area contributed by atoms with Crippen molar-refractivity contribution < 1.29 is 14.3 Å². The number of esters is 1. The molecule has 1 aromatic heterocycles. The molecule has 1 amide bonds. The number of aromatic nitrogens is 1. The van der Waals surface area contributed by atoms with Gasteiger partial charge in [-0.3, -0.25) is 14.5 Å². The molecule has 0 unspecified atom stereocenters. The predicted molar refractivity (Wildman–Crippen MR) is 101 cm³/mol. The zero-order valence-corrected chi connectivity index (χ0v) is 15.8. The maximum atomic E-state index is 12.4. The first-order valence-corrected chi connectivity index (χ1v) is 9.54. The fourth-order valence-electron chi connectivity index (χ4n) is 3.25. The van der Waals surface area contributed by atoms with E-state index in [1.54, 1.807) is 5.38 Å². The molecule has 6 nitrogen and oxygen atoms in total. The standard InChI is InChI=1S/C19H23N3O3S/c1-22-14(10-17(23)25-2)8-9-15(22)11-20-18(24)16-12-26-19(21-16)13-6-4-3-5-7-13/h3-7,12,14-15H,8-11H2,1-2H3,(H,20,24)/t14-,15+/m1/s1. The van der Waals surface area contributed by atoms with Crippen LogP contribution in [0.25, 0.3) is 10.6 Å². The summed E-state index contributed by atoms with van der Waals surface area (Å²) >= 11 is 1.47. The maximum absolute atomic E-state index is 12.4. The Hall–Kier alpha value is -2.25. The van der Waals surface area contributed by atoms with Gasteiger partial charge in [0.2, 0.25) is 0 Å². The monoisotopic (exact) mass is 373 g/mol. The van der Waals surface area contributed by atoms with Crippen molar-refractivity contribution in [2.75, 3.05) is 20.7 Å². The third-order valence-electron chi connectivity index (χ3n) is 4.87. The number of nitrogens with one attached hydrogen (secondary N) is 1. The Morgan fingerprint density at radius 1 is 1.27 bits per heavy atom. The Kier molecular flexibility index (Phi) is 6.00. The van der Waals surface area contributed by atoms with Gasteiger partial charge in [-0.25, -0.2) is 4.98 Å². The highest BCUT2D eigenvalue weighted by molar-refractivity contribution is 7.13. The smallest absolute Gasteiger partial charge is 0.307 e. The van der Waals surface area contributed by atoms with Gasteiger partial charge in [-0.1, -0.05) is 30.3 Å². The first-order chi connectivity index (χ1) is 12.6. The van der Waals surface area contributed by atoms with E-state index >= 15 is 0 Å². The number of hydrogen-bond donors (Lipinski definition) is 1. The fraction of sp³-hybridized carbons (Fsp3) is 0.421. The van der Waals surface area contributed by atoms with Gasteiger partial charge in [-0.2, -0.15) is 0 Å². The Labute approximate surface area is 157 Å². The largest absolute Gasteiger partial charge is 0.469 e. The minimum atomic E-state index is -0.192. The number of rotatable bonds is 6. The molecule has 0 bridgehead atoms. The van der Waals surface area contributed by atoms with E-state index in [0.717, 1.165) is 23.4 Å². The molecule has 2 heterocycles. The highest BCUT2D eigenvalue weighted by Crippen LogP contribution is 2.25. The van der Waals surface area contributed by atoms with Crippen LogP contribution in [-0.4, -0.2) is 54.5 Å². The van der Waals surface area contributed by atoms with E-state index in [4.69, 9.17) is 4.74 Å².